The number of anilines is 1. The van der Waals surface area contributed by atoms with Crippen molar-refractivity contribution in [2.45, 2.75) is 38.8 Å². The summed E-state index contributed by atoms with van der Waals surface area (Å²) in [7, 11) is 0. The van der Waals surface area contributed by atoms with Gasteiger partial charge in [0, 0.05) is 30.2 Å². The number of nitrogens with one attached hydrogen (secondary N) is 2. The molecule has 1 unspecified atom stereocenters. The van der Waals surface area contributed by atoms with Gasteiger partial charge in [0.2, 0.25) is 0 Å². The number of aromatic nitrogens is 2. The van der Waals surface area contributed by atoms with Crippen molar-refractivity contribution >= 4 is 23.1 Å². The highest BCUT2D eigenvalue weighted by atomic mass is 16.6. The molecule has 4 rings (SSSR count). The highest BCUT2D eigenvalue weighted by molar-refractivity contribution is 6.02. The smallest absolute Gasteiger partial charge is 0.412 e. The number of amides is 1. The molecule has 1 atom stereocenters. The van der Waals surface area contributed by atoms with E-state index in [1.807, 2.05) is 63.4 Å². The topological polar surface area (TPSA) is 80.0 Å². The first-order valence-corrected chi connectivity index (χ1v) is 9.23. The number of fused-ring (bicyclic) bond motifs is 1. The summed E-state index contributed by atoms with van der Waals surface area (Å²) in [4.78, 5) is 16.2. The summed E-state index contributed by atoms with van der Waals surface area (Å²) < 4.78 is 7.35. The molecule has 0 spiro atoms. The van der Waals surface area contributed by atoms with Gasteiger partial charge < -0.3 is 14.6 Å². The summed E-state index contributed by atoms with van der Waals surface area (Å²) in [5, 5.41) is 7.26. The number of hydrogen-bond donors (Lipinski definition) is 2. The van der Waals surface area contributed by atoms with Crippen molar-refractivity contribution in [2.75, 3.05) is 5.32 Å². The van der Waals surface area contributed by atoms with Crippen LogP contribution in [0.5, 0.6) is 0 Å². The highest BCUT2D eigenvalue weighted by Crippen LogP contribution is 2.25. The van der Waals surface area contributed by atoms with Crippen molar-refractivity contribution < 1.29 is 9.53 Å². The third-order valence-electron chi connectivity index (χ3n) is 4.43. The molecule has 1 amide bonds. The molecule has 28 heavy (non-hydrogen) atoms. The second kappa shape index (κ2) is 6.99. The number of benzene rings is 1. The van der Waals surface area contributed by atoms with E-state index < -0.39 is 11.7 Å². The Labute approximate surface area is 163 Å². The normalized spacial score (nSPS) is 16.5. The molecule has 7 heteroatoms. The average Bonchev–Trinajstić information content (AvgIpc) is 3.30. The number of pyridine rings is 1. The van der Waals surface area contributed by atoms with E-state index in [4.69, 9.17) is 4.74 Å². The van der Waals surface area contributed by atoms with E-state index in [0.717, 1.165) is 29.0 Å². The summed E-state index contributed by atoms with van der Waals surface area (Å²) in [6.45, 7) is 5.50. The molecule has 1 aliphatic heterocycles. The Hall–Kier alpha value is -3.35. The number of hydrazone groups is 1. The van der Waals surface area contributed by atoms with Crippen LogP contribution in [-0.4, -0.2) is 26.8 Å². The van der Waals surface area contributed by atoms with Gasteiger partial charge >= 0.3 is 6.09 Å². The molecule has 0 aliphatic carbocycles. The monoisotopic (exact) mass is 377 g/mol. The Kier molecular flexibility index (Phi) is 4.50. The first-order valence-electron chi connectivity index (χ1n) is 9.23. The summed E-state index contributed by atoms with van der Waals surface area (Å²) in [6.07, 6.45) is 4.07. The van der Waals surface area contributed by atoms with Crippen molar-refractivity contribution in [3.05, 3.63) is 66.1 Å². The van der Waals surface area contributed by atoms with E-state index >= 15 is 0 Å². The van der Waals surface area contributed by atoms with E-state index in [0.29, 0.717) is 5.69 Å². The zero-order chi connectivity index (χ0) is 19.7. The van der Waals surface area contributed by atoms with Crippen LogP contribution in [0.4, 0.5) is 10.5 Å². The average molecular weight is 377 g/mol. The number of ether oxygens (including phenoxy) is 1. The lowest BCUT2D eigenvalue weighted by Gasteiger charge is -2.19. The number of carbonyl (C=O) groups is 1. The first kappa shape index (κ1) is 18.0. The molecule has 3 heterocycles. The van der Waals surface area contributed by atoms with Crippen LogP contribution in [-0.2, 0) is 4.74 Å². The van der Waals surface area contributed by atoms with Crippen molar-refractivity contribution in [3.63, 3.8) is 0 Å². The molecule has 3 aromatic rings. The van der Waals surface area contributed by atoms with Crippen molar-refractivity contribution in [3.8, 4) is 0 Å². The zero-order valence-corrected chi connectivity index (χ0v) is 16.1. The van der Waals surface area contributed by atoms with Crippen molar-refractivity contribution in [1.82, 2.24) is 14.8 Å². The molecule has 1 aromatic carbocycles. The Morgan fingerprint density at radius 2 is 2.00 bits per heavy atom. The fourth-order valence-corrected chi connectivity index (χ4v) is 3.21. The summed E-state index contributed by atoms with van der Waals surface area (Å²) in [6, 6.07) is 13.8. The standard InChI is InChI=1S/C21H23N5O2/c1-21(2,3)28-20(27)23-15-9-7-14(8-10-15)16-13-17(25-24-16)18-5-4-6-19-22-11-12-26(18)19/h4-12,17,25H,13H2,1-3H3,(H,23,27). The van der Waals surface area contributed by atoms with Gasteiger partial charge in [-0.05, 0) is 50.6 Å². The molecular weight excluding hydrogens is 354 g/mol. The Morgan fingerprint density at radius 1 is 1.21 bits per heavy atom. The van der Waals surface area contributed by atoms with Crippen LogP contribution >= 0.6 is 0 Å². The van der Waals surface area contributed by atoms with Crippen LogP contribution in [0.1, 0.15) is 44.5 Å². The second-order valence-corrected chi connectivity index (χ2v) is 7.75. The molecule has 2 N–H and O–H groups in total. The van der Waals surface area contributed by atoms with Crippen LogP contribution in [0.25, 0.3) is 5.65 Å². The minimum atomic E-state index is -0.526. The van der Waals surface area contributed by atoms with Gasteiger partial charge in [-0.2, -0.15) is 5.10 Å². The first-order chi connectivity index (χ1) is 13.4. The minimum absolute atomic E-state index is 0.0902. The van der Waals surface area contributed by atoms with E-state index in [1.54, 1.807) is 6.20 Å². The van der Waals surface area contributed by atoms with Gasteiger partial charge in [0.25, 0.3) is 0 Å². The number of imidazole rings is 1. The molecule has 0 bridgehead atoms. The Bertz CT molecular complexity index is 1030. The van der Waals surface area contributed by atoms with Gasteiger partial charge in [-0.1, -0.05) is 18.2 Å². The highest BCUT2D eigenvalue weighted by Gasteiger charge is 2.23. The third kappa shape index (κ3) is 3.83. The quantitative estimate of drug-likeness (QED) is 0.719. The van der Waals surface area contributed by atoms with E-state index in [-0.39, 0.29) is 6.04 Å². The minimum Gasteiger partial charge on any atom is -0.444 e. The van der Waals surface area contributed by atoms with Crippen molar-refractivity contribution in [2.24, 2.45) is 5.10 Å². The molecule has 7 nitrogen and oxygen atoms in total. The van der Waals surface area contributed by atoms with Crippen LogP contribution in [0.3, 0.4) is 0 Å². The Morgan fingerprint density at radius 3 is 2.75 bits per heavy atom. The molecule has 2 aromatic heterocycles. The largest absolute Gasteiger partial charge is 0.444 e. The second-order valence-electron chi connectivity index (χ2n) is 7.75. The van der Waals surface area contributed by atoms with Gasteiger partial charge in [-0.15, -0.1) is 0 Å². The summed E-state index contributed by atoms with van der Waals surface area (Å²) in [5.41, 5.74) is 7.42. The maximum Gasteiger partial charge on any atom is 0.412 e. The number of rotatable bonds is 3. The van der Waals surface area contributed by atoms with Crippen LogP contribution in [0.15, 0.2) is 60.0 Å². The predicted octanol–water partition coefficient (Wildman–Crippen LogP) is 4.12. The third-order valence-corrected chi connectivity index (χ3v) is 4.43. The molecular formula is C21H23N5O2. The number of hydrogen-bond acceptors (Lipinski definition) is 5. The number of nitrogens with zero attached hydrogens (tertiary/aromatic N) is 3. The zero-order valence-electron chi connectivity index (χ0n) is 16.1. The van der Waals surface area contributed by atoms with E-state index in [1.165, 1.54) is 0 Å². The van der Waals surface area contributed by atoms with E-state index in [9.17, 15) is 4.79 Å². The lowest BCUT2D eigenvalue weighted by atomic mass is 10.0. The van der Waals surface area contributed by atoms with Gasteiger partial charge in [0.05, 0.1) is 11.8 Å². The maximum atomic E-state index is 11.9. The fraction of sp³-hybridized carbons (Fsp3) is 0.286. The maximum absolute atomic E-state index is 11.9. The van der Waals surface area contributed by atoms with Gasteiger partial charge in [0.15, 0.2) is 0 Å². The predicted molar refractivity (Wildman–Crippen MR) is 109 cm³/mol. The van der Waals surface area contributed by atoms with Crippen LogP contribution in [0, 0.1) is 0 Å². The molecule has 1 aliphatic rings. The molecule has 144 valence electrons. The fourth-order valence-electron chi connectivity index (χ4n) is 3.21. The lowest BCUT2D eigenvalue weighted by molar-refractivity contribution is 0.0636. The van der Waals surface area contributed by atoms with Crippen LogP contribution in [0.2, 0.25) is 0 Å². The molecule has 0 radical (unpaired) electrons. The van der Waals surface area contributed by atoms with Gasteiger partial charge in [-0.3, -0.25) is 5.32 Å². The van der Waals surface area contributed by atoms with E-state index in [2.05, 4.69) is 31.3 Å². The summed E-state index contributed by atoms with van der Waals surface area (Å²) >= 11 is 0. The summed E-state index contributed by atoms with van der Waals surface area (Å²) in [5.74, 6) is 0. The number of carbonyl (C=O) groups excluding carboxylic acids is 1. The lowest BCUT2D eigenvalue weighted by Crippen LogP contribution is -2.27. The van der Waals surface area contributed by atoms with Crippen LogP contribution < -0.4 is 10.7 Å². The van der Waals surface area contributed by atoms with Crippen molar-refractivity contribution in [1.29, 1.82) is 0 Å². The molecule has 0 saturated carbocycles. The molecule has 0 fully saturated rings. The van der Waals surface area contributed by atoms with Gasteiger partial charge in [0.1, 0.15) is 11.2 Å². The SMILES string of the molecule is CC(C)(C)OC(=O)Nc1ccc(C2=NNC(c3cccc4nccn34)C2)cc1. The van der Waals surface area contributed by atoms with Gasteiger partial charge in [-0.25, -0.2) is 9.78 Å². The molecule has 0 saturated heterocycles. The Balaban J connectivity index is 1.43.